The molecule has 0 bridgehead atoms. The Morgan fingerprint density at radius 2 is 2.17 bits per heavy atom. The van der Waals surface area contributed by atoms with Crippen LogP contribution < -0.4 is 0 Å². The van der Waals surface area contributed by atoms with Gasteiger partial charge in [0.15, 0.2) is 0 Å². The molecule has 1 aromatic carbocycles. The van der Waals surface area contributed by atoms with Gasteiger partial charge in [0.1, 0.15) is 5.75 Å². The maximum Gasteiger partial charge on any atom is 0.116 e. The Balaban J connectivity index is 3.13. The van der Waals surface area contributed by atoms with Crippen LogP contribution in [0.5, 0.6) is 5.75 Å². The van der Waals surface area contributed by atoms with Crippen LogP contribution >= 0.6 is 0 Å². The van der Waals surface area contributed by atoms with Crippen molar-refractivity contribution in [2.45, 2.75) is 18.7 Å². The Bertz CT molecular complexity index is 307. The lowest BCUT2D eigenvalue weighted by atomic mass is 10.2. The lowest BCUT2D eigenvalue weighted by Gasteiger charge is -2.03. The average Bonchev–Trinajstić information content (AvgIpc) is 2.08. The van der Waals surface area contributed by atoms with Gasteiger partial charge < -0.3 is 5.11 Å². The Morgan fingerprint density at radius 3 is 2.75 bits per heavy atom. The summed E-state index contributed by atoms with van der Waals surface area (Å²) in [5.74, 6) is 0.766. The molecule has 0 aromatic heterocycles. The van der Waals surface area contributed by atoms with Crippen molar-refractivity contribution < 1.29 is 9.32 Å². The smallest absolute Gasteiger partial charge is 0.116 e. The normalized spacial score (nSPS) is 12.8. The van der Waals surface area contributed by atoms with Crippen molar-refractivity contribution in [3.05, 3.63) is 23.8 Å². The molecule has 0 aliphatic carbocycles. The van der Waals surface area contributed by atoms with Gasteiger partial charge in [-0.15, -0.1) is 0 Å². The first kappa shape index (κ1) is 9.26. The molecule has 0 radical (unpaired) electrons. The van der Waals surface area contributed by atoms with Crippen molar-refractivity contribution in [1.82, 2.24) is 0 Å². The molecule has 0 heterocycles. The summed E-state index contributed by atoms with van der Waals surface area (Å²) < 4.78 is 11.4. The number of aryl methyl sites for hydroxylation is 1. The van der Waals surface area contributed by atoms with Crippen LogP contribution in [0.15, 0.2) is 23.1 Å². The summed E-state index contributed by atoms with van der Waals surface area (Å²) in [6, 6.07) is 4.94. The van der Waals surface area contributed by atoms with Crippen LogP contribution in [0.4, 0.5) is 0 Å². The van der Waals surface area contributed by atoms with Crippen molar-refractivity contribution in [3.63, 3.8) is 0 Å². The Morgan fingerprint density at radius 1 is 1.50 bits per heavy atom. The third kappa shape index (κ3) is 1.85. The van der Waals surface area contributed by atoms with E-state index in [2.05, 4.69) is 0 Å². The summed E-state index contributed by atoms with van der Waals surface area (Å²) in [7, 11) is -0.972. The van der Waals surface area contributed by atoms with Crippen LogP contribution in [0.2, 0.25) is 0 Å². The number of hydrogen-bond acceptors (Lipinski definition) is 2. The summed E-state index contributed by atoms with van der Waals surface area (Å²) in [6.45, 7) is 3.75. The molecule has 0 saturated carbocycles. The molecule has 66 valence electrons. The zero-order valence-electron chi connectivity index (χ0n) is 7.20. The number of hydrogen-bond donors (Lipinski definition) is 1. The van der Waals surface area contributed by atoms with Crippen LogP contribution in [0.1, 0.15) is 12.5 Å². The number of rotatable bonds is 2. The highest BCUT2D eigenvalue weighted by Gasteiger charge is 2.05. The monoisotopic (exact) mass is 184 g/mol. The van der Waals surface area contributed by atoms with Crippen LogP contribution in [0.25, 0.3) is 0 Å². The molecule has 0 fully saturated rings. The summed E-state index contributed by atoms with van der Waals surface area (Å²) >= 11 is 0. The minimum Gasteiger partial charge on any atom is -0.508 e. The van der Waals surface area contributed by atoms with E-state index in [4.69, 9.17) is 5.11 Å². The van der Waals surface area contributed by atoms with Gasteiger partial charge >= 0.3 is 0 Å². The first-order valence-electron chi connectivity index (χ1n) is 3.83. The van der Waals surface area contributed by atoms with Gasteiger partial charge in [-0.2, -0.15) is 0 Å². The van der Waals surface area contributed by atoms with Gasteiger partial charge in [0.05, 0.1) is 10.8 Å². The zero-order valence-corrected chi connectivity index (χ0v) is 8.02. The molecule has 1 rings (SSSR count). The zero-order chi connectivity index (χ0) is 9.14. The minimum absolute atomic E-state index is 0.178. The van der Waals surface area contributed by atoms with Crippen molar-refractivity contribution in [1.29, 1.82) is 0 Å². The standard InChI is InChI=1S/C9H12O2S/c1-3-12(11)9-6-8(10)5-4-7(9)2/h4-6,10H,3H2,1-2H3. The highest BCUT2D eigenvalue weighted by Crippen LogP contribution is 2.19. The summed E-state index contributed by atoms with van der Waals surface area (Å²) in [5, 5.41) is 9.15. The molecule has 0 aliphatic rings. The number of phenols is 1. The predicted octanol–water partition coefficient (Wildman–Crippen LogP) is 1.83. The van der Waals surface area contributed by atoms with E-state index in [0.29, 0.717) is 5.75 Å². The van der Waals surface area contributed by atoms with E-state index in [1.807, 2.05) is 13.8 Å². The van der Waals surface area contributed by atoms with Crippen LogP contribution in [0.3, 0.4) is 0 Å². The van der Waals surface area contributed by atoms with Crippen LogP contribution in [-0.4, -0.2) is 15.1 Å². The predicted molar refractivity (Wildman–Crippen MR) is 49.8 cm³/mol. The molecule has 1 aromatic rings. The van der Waals surface area contributed by atoms with Gasteiger partial charge in [0, 0.05) is 10.6 Å². The largest absolute Gasteiger partial charge is 0.508 e. The van der Waals surface area contributed by atoms with Gasteiger partial charge in [-0.05, 0) is 24.6 Å². The van der Waals surface area contributed by atoms with Gasteiger partial charge in [-0.25, -0.2) is 0 Å². The van der Waals surface area contributed by atoms with E-state index in [9.17, 15) is 4.21 Å². The summed E-state index contributed by atoms with van der Waals surface area (Å²) in [5.41, 5.74) is 0.966. The Hall–Kier alpha value is -0.830. The molecule has 12 heavy (non-hydrogen) atoms. The maximum absolute atomic E-state index is 11.4. The summed E-state index contributed by atoms with van der Waals surface area (Å²) in [4.78, 5) is 0.734. The van der Waals surface area contributed by atoms with Crippen molar-refractivity contribution in [3.8, 4) is 5.75 Å². The minimum atomic E-state index is -0.972. The fourth-order valence-electron chi connectivity index (χ4n) is 0.990. The SMILES string of the molecule is CCS(=O)c1cc(O)ccc1C. The topological polar surface area (TPSA) is 37.3 Å². The van der Waals surface area contributed by atoms with Crippen molar-refractivity contribution in [2.24, 2.45) is 0 Å². The third-order valence-corrected chi connectivity index (χ3v) is 3.13. The van der Waals surface area contributed by atoms with E-state index >= 15 is 0 Å². The lowest BCUT2D eigenvalue weighted by molar-refractivity contribution is 0.473. The second kappa shape index (κ2) is 3.72. The van der Waals surface area contributed by atoms with Crippen molar-refractivity contribution in [2.75, 3.05) is 5.75 Å². The lowest BCUT2D eigenvalue weighted by Crippen LogP contribution is -1.96. The molecule has 1 atom stereocenters. The molecule has 1 N–H and O–H groups in total. The Labute approximate surface area is 74.7 Å². The van der Waals surface area contributed by atoms with Crippen LogP contribution in [0, 0.1) is 6.92 Å². The molecular formula is C9H12O2S. The van der Waals surface area contributed by atoms with Gasteiger partial charge in [0.2, 0.25) is 0 Å². The number of phenolic OH excluding ortho intramolecular Hbond substituents is 1. The second-order valence-corrected chi connectivity index (χ2v) is 4.29. The molecule has 0 amide bonds. The molecule has 3 heteroatoms. The fourth-order valence-corrected chi connectivity index (χ4v) is 1.98. The fraction of sp³-hybridized carbons (Fsp3) is 0.333. The van der Waals surface area contributed by atoms with E-state index < -0.39 is 10.8 Å². The molecule has 0 aliphatic heterocycles. The van der Waals surface area contributed by atoms with E-state index in [-0.39, 0.29) is 5.75 Å². The molecule has 2 nitrogen and oxygen atoms in total. The third-order valence-electron chi connectivity index (χ3n) is 1.68. The van der Waals surface area contributed by atoms with Gasteiger partial charge in [0.25, 0.3) is 0 Å². The maximum atomic E-state index is 11.4. The Kier molecular flexibility index (Phi) is 2.87. The van der Waals surface area contributed by atoms with Crippen LogP contribution in [-0.2, 0) is 10.8 Å². The second-order valence-electron chi connectivity index (χ2n) is 2.58. The highest BCUT2D eigenvalue weighted by molar-refractivity contribution is 7.85. The van der Waals surface area contributed by atoms with E-state index in [1.165, 1.54) is 0 Å². The molecule has 0 saturated heterocycles. The van der Waals surface area contributed by atoms with Crippen molar-refractivity contribution >= 4 is 10.8 Å². The average molecular weight is 184 g/mol. The first-order valence-corrected chi connectivity index (χ1v) is 5.15. The molecule has 1 unspecified atom stereocenters. The summed E-state index contributed by atoms with van der Waals surface area (Å²) in [6.07, 6.45) is 0. The number of aromatic hydroxyl groups is 1. The number of benzene rings is 1. The highest BCUT2D eigenvalue weighted by atomic mass is 32.2. The van der Waals surface area contributed by atoms with Gasteiger partial charge in [-0.3, -0.25) is 4.21 Å². The quantitative estimate of drug-likeness (QED) is 0.761. The van der Waals surface area contributed by atoms with E-state index in [1.54, 1.807) is 18.2 Å². The van der Waals surface area contributed by atoms with E-state index in [0.717, 1.165) is 10.5 Å². The molecular weight excluding hydrogens is 172 g/mol. The first-order chi connectivity index (χ1) is 5.65. The molecule has 0 spiro atoms. The van der Waals surface area contributed by atoms with Gasteiger partial charge in [-0.1, -0.05) is 13.0 Å².